The number of amides is 1. The summed E-state index contributed by atoms with van der Waals surface area (Å²) in [6, 6.07) is 1.68. The Morgan fingerprint density at radius 2 is 1.95 bits per heavy atom. The summed E-state index contributed by atoms with van der Waals surface area (Å²) in [6.07, 6.45) is 1.57. The van der Waals surface area contributed by atoms with Crippen LogP contribution in [-0.4, -0.2) is 17.4 Å². The van der Waals surface area contributed by atoms with Crippen molar-refractivity contribution in [3.05, 3.63) is 27.5 Å². The highest BCUT2D eigenvalue weighted by molar-refractivity contribution is 9.10. The minimum absolute atomic E-state index is 0.176. The summed E-state index contributed by atoms with van der Waals surface area (Å²) in [6.45, 7) is 9.33. The lowest BCUT2D eigenvalue weighted by molar-refractivity contribution is 0.0937. The molecule has 0 saturated carbocycles. The first-order valence-corrected chi connectivity index (χ1v) is 7.59. The molecule has 0 unspecified atom stereocenters. The van der Waals surface area contributed by atoms with Crippen LogP contribution in [0.2, 0.25) is 5.15 Å². The van der Waals surface area contributed by atoms with Crippen LogP contribution in [0.15, 0.2) is 16.7 Å². The molecular weight excluding hydrogens is 328 g/mol. The Bertz CT molecular complexity index is 441. The summed E-state index contributed by atoms with van der Waals surface area (Å²) >= 11 is 9.23. The number of pyridine rings is 1. The third-order valence-electron chi connectivity index (χ3n) is 3.26. The van der Waals surface area contributed by atoms with Gasteiger partial charge in [-0.3, -0.25) is 4.79 Å². The van der Waals surface area contributed by atoms with Gasteiger partial charge in [0.25, 0.3) is 5.91 Å². The molecule has 1 N–H and O–H groups in total. The molecule has 1 aromatic rings. The van der Waals surface area contributed by atoms with Gasteiger partial charge in [-0.05, 0) is 39.8 Å². The van der Waals surface area contributed by atoms with E-state index in [1.807, 2.05) is 0 Å². The van der Waals surface area contributed by atoms with Gasteiger partial charge in [-0.25, -0.2) is 4.98 Å². The number of nitrogens with zero attached hydrogens (tertiary/aromatic N) is 1. The molecule has 0 aromatic carbocycles. The molecule has 0 saturated heterocycles. The summed E-state index contributed by atoms with van der Waals surface area (Å²) in [4.78, 5) is 16.1. The Morgan fingerprint density at radius 1 is 1.37 bits per heavy atom. The fourth-order valence-electron chi connectivity index (χ4n) is 2.13. The molecule has 1 amide bonds. The monoisotopic (exact) mass is 346 g/mol. The number of halogens is 2. The van der Waals surface area contributed by atoms with Crippen molar-refractivity contribution >= 4 is 33.4 Å². The van der Waals surface area contributed by atoms with Crippen molar-refractivity contribution in [3.63, 3.8) is 0 Å². The van der Waals surface area contributed by atoms with E-state index >= 15 is 0 Å². The van der Waals surface area contributed by atoms with E-state index < -0.39 is 0 Å². The molecule has 5 heteroatoms. The lowest BCUT2D eigenvalue weighted by Crippen LogP contribution is -2.34. The van der Waals surface area contributed by atoms with Crippen LogP contribution in [0.25, 0.3) is 0 Å². The smallest absolute Gasteiger partial charge is 0.254 e. The van der Waals surface area contributed by atoms with Gasteiger partial charge in [0.05, 0.1) is 5.56 Å². The van der Waals surface area contributed by atoms with Crippen LogP contribution in [0, 0.1) is 17.8 Å². The van der Waals surface area contributed by atoms with Crippen LogP contribution in [0.3, 0.4) is 0 Å². The van der Waals surface area contributed by atoms with Gasteiger partial charge in [0, 0.05) is 17.2 Å². The van der Waals surface area contributed by atoms with Crippen molar-refractivity contribution in [3.8, 4) is 0 Å². The van der Waals surface area contributed by atoms with E-state index in [4.69, 9.17) is 11.6 Å². The predicted octanol–water partition coefficient (Wildman–Crippen LogP) is 4.16. The summed E-state index contributed by atoms with van der Waals surface area (Å²) < 4.78 is 0.742. The van der Waals surface area contributed by atoms with Gasteiger partial charge in [-0.2, -0.15) is 0 Å². The highest BCUT2D eigenvalue weighted by Gasteiger charge is 2.19. The SMILES string of the molecule is CC(C)C(CNC(=O)c1cc(Br)cnc1Cl)C(C)C. The maximum atomic E-state index is 12.1. The number of rotatable bonds is 5. The van der Waals surface area contributed by atoms with Crippen molar-refractivity contribution in [2.24, 2.45) is 17.8 Å². The second-order valence-electron chi connectivity index (χ2n) is 5.35. The first-order chi connectivity index (χ1) is 8.82. The van der Waals surface area contributed by atoms with Gasteiger partial charge in [-0.1, -0.05) is 39.3 Å². The zero-order valence-electron chi connectivity index (χ0n) is 11.7. The largest absolute Gasteiger partial charge is 0.352 e. The van der Waals surface area contributed by atoms with Crippen LogP contribution in [-0.2, 0) is 0 Å². The molecule has 3 nitrogen and oxygen atoms in total. The lowest BCUT2D eigenvalue weighted by atomic mass is 9.85. The van der Waals surface area contributed by atoms with Gasteiger partial charge in [-0.15, -0.1) is 0 Å². The Balaban J connectivity index is 2.72. The molecule has 0 aliphatic heterocycles. The molecular formula is C14H20BrClN2O. The summed E-state index contributed by atoms with van der Waals surface area (Å²) in [7, 11) is 0. The van der Waals surface area contributed by atoms with E-state index in [-0.39, 0.29) is 11.1 Å². The Hall–Kier alpha value is -0.610. The van der Waals surface area contributed by atoms with Crippen LogP contribution < -0.4 is 5.32 Å². The van der Waals surface area contributed by atoms with Crippen LogP contribution >= 0.6 is 27.5 Å². The fraction of sp³-hybridized carbons (Fsp3) is 0.571. The van der Waals surface area contributed by atoms with Crippen molar-refractivity contribution in [1.82, 2.24) is 10.3 Å². The van der Waals surface area contributed by atoms with Gasteiger partial charge in [0.2, 0.25) is 0 Å². The summed E-state index contributed by atoms with van der Waals surface area (Å²) in [5.41, 5.74) is 0.405. The van der Waals surface area contributed by atoms with E-state index in [1.165, 1.54) is 0 Å². The minimum atomic E-state index is -0.176. The number of carbonyl (C=O) groups is 1. The van der Waals surface area contributed by atoms with Crippen LogP contribution in [0.4, 0.5) is 0 Å². The molecule has 0 fully saturated rings. The number of hydrogen-bond acceptors (Lipinski definition) is 2. The van der Waals surface area contributed by atoms with Gasteiger partial charge in [0.15, 0.2) is 0 Å². The number of carbonyl (C=O) groups excluding carboxylic acids is 1. The lowest BCUT2D eigenvalue weighted by Gasteiger charge is -2.25. The molecule has 106 valence electrons. The zero-order chi connectivity index (χ0) is 14.6. The Morgan fingerprint density at radius 3 is 2.47 bits per heavy atom. The molecule has 1 rings (SSSR count). The van der Waals surface area contributed by atoms with E-state index in [1.54, 1.807) is 12.3 Å². The second-order valence-corrected chi connectivity index (χ2v) is 6.63. The summed E-state index contributed by atoms with van der Waals surface area (Å²) in [5, 5.41) is 3.17. The van der Waals surface area contributed by atoms with E-state index in [2.05, 4.69) is 53.9 Å². The molecule has 0 radical (unpaired) electrons. The topological polar surface area (TPSA) is 42.0 Å². The average molecular weight is 348 g/mol. The first kappa shape index (κ1) is 16.4. The fourth-order valence-corrected chi connectivity index (χ4v) is 2.65. The standard InChI is InChI=1S/C14H20BrClN2O/c1-8(2)12(9(3)4)7-18-14(19)11-5-10(15)6-17-13(11)16/h5-6,8-9,12H,7H2,1-4H3,(H,18,19). The maximum Gasteiger partial charge on any atom is 0.254 e. The minimum Gasteiger partial charge on any atom is -0.352 e. The highest BCUT2D eigenvalue weighted by Crippen LogP contribution is 2.21. The number of hydrogen-bond donors (Lipinski definition) is 1. The van der Waals surface area contributed by atoms with Crippen molar-refractivity contribution in [2.45, 2.75) is 27.7 Å². The third kappa shape index (κ3) is 4.77. The molecule has 1 heterocycles. The Kier molecular flexibility index (Phi) is 6.27. The first-order valence-electron chi connectivity index (χ1n) is 6.42. The third-order valence-corrected chi connectivity index (χ3v) is 4.00. The number of nitrogens with one attached hydrogen (secondary N) is 1. The molecule has 0 spiro atoms. The normalized spacial score (nSPS) is 11.4. The maximum absolute atomic E-state index is 12.1. The van der Waals surface area contributed by atoms with Crippen molar-refractivity contribution in [1.29, 1.82) is 0 Å². The zero-order valence-corrected chi connectivity index (χ0v) is 14.0. The number of aromatic nitrogens is 1. The molecule has 0 atom stereocenters. The quantitative estimate of drug-likeness (QED) is 0.813. The van der Waals surface area contributed by atoms with Gasteiger partial charge < -0.3 is 5.32 Å². The van der Waals surface area contributed by atoms with E-state index in [0.29, 0.717) is 29.9 Å². The summed E-state index contributed by atoms with van der Waals surface area (Å²) in [5.74, 6) is 1.32. The molecule has 1 aromatic heterocycles. The molecule has 0 aliphatic rings. The molecule has 0 aliphatic carbocycles. The highest BCUT2D eigenvalue weighted by atomic mass is 79.9. The van der Waals surface area contributed by atoms with E-state index in [9.17, 15) is 4.79 Å². The van der Waals surface area contributed by atoms with Crippen molar-refractivity contribution in [2.75, 3.05) is 6.54 Å². The van der Waals surface area contributed by atoms with Crippen LogP contribution in [0.1, 0.15) is 38.1 Å². The molecule has 19 heavy (non-hydrogen) atoms. The van der Waals surface area contributed by atoms with Crippen LogP contribution in [0.5, 0.6) is 0 Å². The van der Waals surface area contributed by atoms with E-state index in [0.717, 1.165) is 4.47 Å². The molecule has 0 bridgehead atoms. The Labute approximate surface area is 128 Å². The average Bonchev–Trinajstić information content (AvgIpc) is 2.31. The van der Waals surface area contributed by atoms with Crippen molar-refractivity contribution < 1.29 is 4.79 Å². The predicted molar refractivity (Wildman–Crippen MR) is 82.4 cm³/mol. The van der Waals surface area contributed by atoms with Gasteiger partial charge >= 0.3 is 0 Å². The van der Waals surface area contributed by atoms with Gasteiger partial charge in [0.1, 0.15) is 5.15 Å². The second kappa shape index (κ2) is 7.25.